The monoisotopic (exact) mass is 491 g/mol. The van der Waals surface area contributed by atoms with Gasteiger partial charge in [-0.1, -0.05) is 51.6 Å². The highest BCUT2D eigenvalue weighted by Gasteiger charge is 2.42. The maximum absolute atomic E-state index is 14.5. The molecule has 1 heterocycles. The van der Waals surface area contributed by atoms with Crippen LogP contribution in [0, 0.1) is 0 Å². The number of hydrogen-bond donors (Lipinski definition) is 0. The molecule has 0 spiro atoms. The molecule has 34 heavy (non-hydrogen) atoms. The van der Waals surface area contributed by atoms with E-state index in [-0.39, 0.29) is 40.5 Å². The Morgan fingerprint density at radius 2 is 1.65 bits per heavy atom. The van der Waals surface area contributed by atoms with Crippen molar-refractivity contribution in [1.29, 1.82) is 0 Å². The SMILES string of the molecule is COc1cccc(CN2C(=O)CSC2=O)c1-c1cc2c(cc1C(F)(F)F)C(C)(C)CCC2(C)C. The van der Waals surface area contributed by atoms with Crippen LogP contribution in [0.4, 0.5) is 18.0 Å². The average Bonchev–Trinajstić information content (AvgIpc) is 3.07. The summed E-state index contributed by atoms with van der Waals surface area (Å²) < 4.78 is 48.9. The molecule has 0 unspecified atom stereocenters. The van der Waals surface area contributed by atoms with Crippen molar-refractivity contribution in [3.8, 4) is 16.9 Å². The molecule has 0 bridgehead atoms. The maximum atomic E-state index is 14.5. The van der Waals surface area contributed by atoms with Crippen molar-refractivity contribution in [1.82, 2.24) is 4.90 Å². The number of hydrogen-bond acceptors (Lipinski definition) is 4. The second-order valence-electron chi connectivity index (χ2n) is 10.2. The van der Waals surface area contributed by atoms with Crippen LogP contribution in [0.25, 0.3) is 11.1 Å². The number of methoxy groups -OCH3 is 1. The summed E-state index contributed by atoms with van der Waals surface area (Å²) in [6.07, 6.45) is -2.96. The minimum Gasteiger partial charge on any atom is -0.496 e. The van der Waals surface area contributed by atoms with Crippen molar-refractivity contribution in [2.45, 2.75) is 64.1 Å². The van der Waals surface area contributed by atoms with E-state index in [0.29, 0.717) is 11.1 Å². The number of alkyl halides is 3. The summed E-state index contributed by atoms with van der Waals surface area (Å²) in [5, 5.41) is -0.400. The van der Waals surface area contributed by atoms with E-state index in [1.165, 1.54) is 13.2 Å². The van der Waals surface area contributed by atoms with Gasteiger partial charge in [0.25, 0.3) is 5.24 Å². The van der Waals surface area contributed by atoms with Crippen molar-refractivity contribution in [2.24, 2.45) is 0 Å². The van der Waals surface area contributed by atoms with Crippen LogP contribution < -0.4 is 4.74 Å². The Labute approximate surface area is 201 Å². The predicted molar refractivity (Wildman–Crippen MR) is 127 cm³/mol. The van der Waals surface area contributed by atoms with Gasteiger partial charge < -0.3 is 4.74 Å². The Balaban J connectivity index is 2.01. The number of carbonyl (C=O) groups excluding carboxylic acids is 2. The van der Waals surface area contributed by atoms with Crippen LogP contribution in [0.2, 0.25) is 0 Å². The third-order valence-electron chi connectivity index (χ3n) is 7.07. The van der Waals surface area contributed by atoms with Crippen LogP contribution in [0.15, 0.2) is 30.3 Å². The maximum Gasteiger partial charge on any atom is 0.417 e. The van der Waals surface area contributed by atoms with Gasteiger partial charge in [0.05, 0.1) is 25.0 Å². The summed E-state index contributed by atoms with van der Waals surface area (Å²) in [6.45, 7) is 7.97. The molecule has 0 atom stereocenters. The summed E-state index contributed by atoms with van der Waals surface area (Å²) in [4.78, 5) is 25.5. The number of imide groups is 1. The van der Waals surface area contributed by atoms with Crippen LogP contribution >= 0.6 is 11.8 Å². The highest BCUT2D eigenvalue weighted by Crippen LogP contribution is 2.51. The van der Waals surface area contributed by atoms with Crippen LogP contribution in [-0.2, 0) is 28.3 Å². The van der Waals surface area contributed by atoms with E-state index >= 15 is 0 Å². The molecule has 0 aromatic heterocycles. The fourth-order valence-corrected chi connectivity index (χ4v) is 5.67. The molecule has 8 heteroatoms. The Morgan fingerprint density at radius 1 is 1.03 bits per heavy atom. The number of halogens is 3. The largest absolute Gasteiger partial charge is 0.496 e. The molecule has 4 rings (SSSR count). The standard InChI is InChI=1S/C26H28F3NO3S/c1-24(2)9-10-25(3,4)19-12-17(26(27,28)29)16(11-18(19)24)22-15(7-6-8-20(22)33-5)13-30-21(31)14-34-23(30)32/h6-8,11-12H,9-10,13-14H2,1-5H3. The molecule has 0 N–H and O–H groups in total. The van der Waals surface area contributed by atoms with Crippen molar-refractivity contribution in [3.05, 3.63) is 52.6 Å². The van der Waals surface area contributed by atoms with Gasteiger partial charge >= 0.3 is 6.18 Å². The first-order valence-corrected chi connectivity index (χ1v) is 12.1. The Morgan fingerprint density at radius 3 is 2.18 bits per heavy atom. The van der Waals surface area contributed by atoms with Gasteiger partial charge in [0.15, 0.2) is 0 Å². The molecule has 2 aromatic carbocycles. The van der Waals surface area contributed by atoms with Crippen molar-refractivity contribution >= 4 is 22.9 Å². The topological polar surface area (TPSA) is 46.6 Å². The number of nitrogens with zero attached hydrogens (tertiary/aromatic N) is 1. The number of thioether (sulfide) groups is 1. The second-order valence-corrected chi connectivity index (χ2v) is 11.2. The molecule has 1 aliphatic carbocycles. The fraction of sp³-hybridized carbons (Fsp3) is 0.462. The molecule has 2 aromatic rings. The number of carbonyl (C=O) groups is 2. The number of amides is 2. The van der Waals surface area contributed by atoms with Gasteiger partial charge in [-0.15, -0.1) is 0 Å². The Bertz CT molecular complexity index is 1150. The highest BCUT2D eigenvalue weighted by molar-refractivity contribution is 8.14. The lowest BCUT2D eigenvalue weighted by atomic mass is 9.62. The quantitative estimate of drug-likeness (QED) is 0.466. The second kappa shape index (κ2) is 8.33. The predicted octanol–water partition coefficient (Wildman–Crippen LogP) is 6.93. The zero-order valence-electron chi connectivity index (χ0n) is 19.9. The van der Waals surface area contributed by atoms with E-state index in [4.69, 9.17) is 4.74 Å². The summed E-state index contributed by atoms with van der Waals surface area (Å²) in [7, 11) is 1.41. The van der Waals surface area contributed by atoms with Gasteiger partial charge in [-0.3, -0.25) is 14.5 Å². The Kier molecular flexibility index (Phi) is 6.03. The number of rotatable bonds is 4. The normalized spacial score (nSPS) is 19.4. The van der Waals surface area contributed by atoms with Gasteiger partial charge in [0.2, 0.25) is 5.91 Å². The van der Waals surface area contributed by atoms with Gasteiger partial charge in [0.1, 0.15) is 5.75 Å². The lowest BCUT2D eigenvalue weighted by Gasteiger charge is -2.42. The van der Waals surface area contributed by atoms with Crippen molar-refractivity contribution in [3.63, 3.8) is 0 Å². The molecule has 182 valence electrons. The lowest BCUT2D eigenvalue weighted by molar-refractivity contribution is -0.137. The smallest absolute Gasteiger partial charge is 0.417 e. The highest BCUT2D eigenvalue weighted by atomic mass is 32.2. The zero-order chi connectivity index (χ0) is 25.1. The first-order chi connectivity index (χ1) is 15.8. The van der Waals surface area contributed by atoms with Crippen LogP contribution in [-0.4, -0.2) is 28.9 Å². The van der Waals surface area contributed by atoms with Crippen molar-refractivity contribution in [2.75, 3.05) is 12.9 Å². The van der Waals surface area contributed by atoms with E-state index in [1.54, 1.807) is 24.3 Å². The molecule has 1 fully saturated rings. The van der Waals surface area contributed by atoms with Crippen LogP contribution in [0.1, 0.15) is 62.8 Å². The molecule has 4 nitrogen and oxygen atoms in total. The third kappa shape index (κ3) is 4.21. The summed E-state index contributed by atoms with van der Waals surface area (Å²) in [5.41, 5.74) is 0.860. The lowest BCUT2D eigenvalue weighted by Crippen LogP contribution is -2.34. The van der Waals surface area contributed by atoms with Gasteiger partial charge in [0, 0.05) is 5.56 Å². The molecule has 2 amide bonds. The van der Waals surface area contributed by atoms with E-state index in [0.717, 1.165) is 35.1 Å². The van der Waals surface area contributed by atoms with E-state index in [9.17, 15) is 22.8 Å². The minimum absolute atomic E-state index is 0.0104. The van der Waals surface area contributed by atoms with Gasteiger partial charge in [-0.2, -0.15) is 13.2 Å². The molecule has 0 saturated carbocycles. The fourth-order valence-electron chi connectivity index (χ4n) is 4.94. The molecular weight excluding hydrogens is 463 g/mol. The molecule has 2 aliphatic rings. The zero-order valence-corrected chi connectivity index (χ0v) is 20.7. The third-order valence-corrected chi connectivity index (χ3v) is 7.93. The summed E-state index contributed by atoms with van der Waals surface area (Å²) in [5.74, 6) is -0.0515. The number of ether oxygens (including phenoxy) is 1. The van der Waals surface area contributed by atoms with Crippen LogP contribution in [0.3, 0.4) is 0 Å². The van der Waals surface area contributed by atoms with Crippen LogP contribution in [0.5, 0.6) is 5.75 Å². The number of benzene rings is 2. The van der Waals surface area contributed by atoms with E-state index < -0.39 is 22.4 Å². The first kappa shape index (κ1) is 24.6. The number of fused-ring (bicyclic) bond motifs is 1. The van der Waals surface area contributed by atoms with E-state index in [1.807, 2.05) is 13.8 Å². The molecule has 1 saturated heterocycles. The van der Waals surface area contributed by atoms with Gasteiger partial charge in [-0.25, -0.2) is 0 Å². The minimum atomic E-state index is -4.60. The summed E-state index contributed by atoms with van der Waals surface area (Å²) >= 11 is 0.896. The van der Waals surface area contributed by atoms with Gasteiger partial charge in [-0.05, 0) is 64.1 Å². The first-order valence-electron chi connectivity index (χ1n) is 11.2. The average molecular weight is 492 g/mol. The summed E-state index contributed by atoms with van der Waals surface area (Å²) in [6, 6.07) is 7.87. The molecule has 0 radical (unpaired) electrons. The van der Waals surface area contributed by atoms with Crippen molar-refractivity contribution < 1.29 is 27.5 Å². The van der Waals surface area contributed by atoms with E-state index in [2.05, 4.69) is 13.8 Å². The Hall–Kier alpha value is -2.48. The molecule has 1 aliphatic heterocycles. The molecular formula is C26H28F3NO3S.